The van der Waals surface area contributed by atoms with Crippen LogP contribution < -0.4 is 11.0 Å². The SMILES string of the molecule is CC(CCn1cnc2cc(-c3ccc(CN4CCOCC4)cc3)ccc2c1=O)(C(=O)NO)S(=O)O. The van der Waals surface area contributed by atoms with Crippen LogP contribution in [0.3, 0.4) is 0 Å². The normalized spacial score (nSPS) is 17.1. The molecular weight excluding hydrogens is 472 g/mol. The summed E-state index contributed by atoms with van der Waals surface area (Å²) in [5.74, 6) is -0.999. The second kappa shape index (κ2) is 10.8. The molecule has 35 heavy (non-hydrogen) atoms. The highest BCUT2D eigenvalue weighted by molar-refractivity contribution is 7.81. The van der Waals surface area contributed by atoms with Crippen molar-refractivity contribution in [2.45, 2.75) is 31.2 Å². The Balaban J connectivity index is 1.51. The third kappa shape index (κ3) is 5.49. The minimum atomic E-state index is -2.55. The molecule has 0 spiro atoms. The van der Waals surface area contributed by atoms with Crippen molar-refractivity contribution >= 4 is 27.9 Å². The molecule has 0 saturated carbocycles. The number of hydrogen-bond acceptors (Lipinski definition) is 7. The van der Waals surface area contributed by atoms with Gasteiger partial charge in [-0.25, -0.2) is 14.7 Å². The van der Waals surface area contributed by atoms with Gasteiger partial charge < -0.3 is 9.29 Å². The summed E-state index contributed by atoms with van der Waals surface area (Å²) in [6, 6.07) is 13.7. The molecule has 1 fully saturated rings. The van der Waals surface area contributed by atoms with E-state index in [4.69, 9.17) is 9.94 Å². The first-order chi connectivity index (χ1) is 16.8. The standard InChI is InChI=1S/C24H28N4O6S/c1-24(35(32)33,23(30)26-31)8-9-28-16-25-21-14-19(6-7-20(21)22(28)29)18-4-2-17(3-5-18)15-27-10-12-34-13-11-27/h2-7,14,16,31H,8-13,15H2,1H3,(H,26,30)(H,32,33). The van der Waals surface area contributed by atoms with Gasteiger partial charge in [0.15, 0.2) is 15.8 Å². The number of nitrogens with one attached hydrogen (secondary N) is 1. The lowest BCUT2D eigenvalue weighted by Crippen LogP contribution is -2.47. The number of carbonyl (C=O) groups is 1. The Morgan fingerprint density at radius 3 is 2.51 bits per heavy atom. The maximum Gasteiger partial charge on any atom is 0.264 e. The summed E-state index contributed by atoms with van der Waals surface area (Å²) in [7, 11) is 0. The number of fused-ring (bicyclic) bond motifs is 1. The summed E-state index contributed by atoms with van der Waals surface area (Å²) in [5.41, 5.74) is 4.79. The first-order valence-corrected chi connectivity index (χ1v) is 12.4. The first kappa shape index (κ1) is 25.1. The maximum atomic E-state index is 13.0. The topological polar surface area (TPSA) is 134 Å². The number of ether oxygens (including phenoxy) is 1. The van der Waals surface area contributed by atoms with E-state index in [2.05, 4.69) is 34.1 Å². The maximum absolute atomic E-state index is 13.0. The summed E-state index contributed by atoms with van der Waals surface area (Å²) in [4.78, 5) is 31.6. The van der Waals surface area contributed by atoms with Gasteiger partial charge in [-0.3, -0.25) is 24.3 Å². The Kier molecular flexibility index (Phi) is 7.72. The van der Waals surface area contributed by atoms with Crippen LogP contribution in [-0.2, 0) is 33.7 Å². The molecule has 1 amide bonds. The van der Waals surface area contributed by atoms with Crippen molar-refractivity contribution in [1.29, 1.82) is 0 Å². The van der Waals surface area contributed by atoms with Crippen LogP contribution in [0.1, 0.15) is 18.9 Å². The minimum absolute atomic E-state index is 0.0235. The Morgan fingerprint density at radius 1 is 1.17 bits per heavy atom. The molecule has 2 heterocycles. The van der Waals surface area contributed by atoms with Crippen LogP contribution in [0.4, 0.5) is 0 Å². The van der Waals surface area contributed by atoms with Crippen molar-refractivity contribution < 1.29 is 23.5 Å². The van der Waals surface area contributed by atoms with Crippen LogP contribution in [0.25, 0.3) is 22.0 Å². The van der Waals surface area contributed by atoms with Crippen LogP contribution in [0.5, 0.6) is 0 Å². The van der Waals surface area contributed by atoms with Gasteiger partial charge in [0.1, 0.15) is 0 Å². The molecule has 2 unspecified atom stereocenters. The Morgan fingerprint density at radius 2 is 1.86 bits per heavy atom. The number of hydrogen-bond donors (Lipinski definition) is 3. The summed E-state index contributed by atoms with van der Waals surface area (Å²) in [6.07, 6.45) is 1.21. The zero-order chi connectivity index (χ0) is 25.0. The third-order valence-corrected chi connectivity index (χ3v) is 7.58. The molecule has 4 rings (SSSR count). The molecule has 0 aliphatic carbocycles. The number of rotatable bonds is 8. The zero-order valence-electron chi connectivity index (χ0n) is 19.3. The van der Waals surface area contributed by atoms with Crippen LogP contribution in [-0.4, -0.2) is 65.4 Å². The molecule has 1 aliphatic rings. The number of aryl methyl sites for hydroxylation is 1. The number of nitrogens with zero attached hydrogens (tertiary/aromatic N) is 3. The fourth-order valence-electron chi connectivity index (χ4n) is 4.05. The average molecular weight is 501 g/mol. The highest BCUT2D eigenvalue weighted by atomic mass is 32.2. The zero-order valence-corrected chi connectivity index (χ0v) is 20.2. The second-order valence-corrected chi connectivity index (χ2v) is 10.1. The Bertz CT molecular complexity index is 1290. The molecule has 0 bridgehead atoms. The molecule has 2 aromatic carbocycles. The van der Waals surface area contributed by atoms with Gasteiger partial charge in [-0.15, -0.1) is 0 Å². The smallest absolute Gasteiger partial charge is 0.264 e. The first-order valence-electron chi connectivity index (χ1n) is 11.3. The van der Waals surface area contributed by atoms with Crippen LogP contribution in [0.2, 0.25) is 0 Å². The van der Waals surface area contributed by atoms with Gasteiger partial charge in [0.05, 0.1) is 30.4 Å². The Labute approximate surface area is 204 Å². The van der Waals surface area contributed by atoms with Crippen molar-refractivity contribution in [3.8, 4) is 11.1 Å². The molecule has 10 nitrogen and oxygen atoms in total. The molecule has 1 saturated heterocycles. The number of benzene rings is 2. The molecule has 186 valence electrons. The van der Waals surface area contributed by atoms with E-state index in [9.17, 15) is 18.4 Å². The van der Waals surface area contributed by atoms with Gasteiger partial charge in [-0.1, -0.05) is 30.3 Å². The van der Waals surface area contributed by atoms with Crippen LogP contribution in [0.15, 0.2) is 53.6 Å². The van der Waals surface area contributed by atoms with E-state index in [0.29, 0.717) is 10.9 Å². The van der Waals surface area contributed by atoms with E-state index >= 15 is 0 Å². The molecule has 0 radical (unpaired) electrons. The second-order valence-electron chi connectivity index (χ2n) is 8.73. The van der Waals surface area contributed by atoms with Crippen LogP contribution >= 0.6 is 0 Å². The van der Waals surface area contributed by atoms with Gasteiger partial charge >= 0.3 is 0 Å². The lowest BCUT2D eigenvalue weighted by Gasteiger charge is -2.26. The summed E-state index contributed by atoms with van der Waals surface area (Å²) in [5, 5.41) is 9.29. The van der Waals surface area contributed by atoms with Crippen LogP contribution in [0, 0.1) is 0 Å². The quantitative estimate of drug-likeness (QED) is 0.242. The highest BCUT2D eigenvalue weighted by Crippen LogP contribution is 2.24. The lowest BCUT2D eigenvalue weighted by atomic mass is 10.0. The summed E-state index contributed by atoms with van der Waals surface area (Å²) in [6.45, 7) is 5.50. The van der Waals surface area contributed by atoms with Gasteiger partial charge in [-0.05, 0) is 42.2 Å². The van der Waals surface area contributed by atoms with Crippen molar-refractivity contribution in [3.05, 3.63) is 64.7 Å². The van der Waals surface area contributed by atoms with Gasteiger partial charge in [0, 0.05) is 26.2 Å². The van der Waals surface area contributed by atoms with E-state index in [0.717, 1.165) is 44.0 Å². The monoisotopic (exact) mass is 500 g/mol. The molecule has 1 aliphatic heterocycles. The van der Waals surface area contributed by atoms with Crippen molar-refractivity contribution in [2.24, 2.45) is 0 Å². The molecule has 11 heteroatoms. The van der Waals surface area contributed by atoms with E-state index < -0.39 is 21.7 Å². The molecular formula is C24H28N4O6S. The largest absolute Gasteiger partial charge is 0.379 e. The number of hydroxylamine groups is 1. The van der Waals surface area contributed by atoms with E-state index in [1.54, 1.807) is 6.07 Å². The molecule has 3 N–H and O–H groups in total. The number of aromatic nitrogens is 2. The van der Waals surface area contributed by atoms with E-state index in [1.165, 1.54) is 28.9 Å². The molecule has 1 aromatic heterocycles. The van der Waals surface area contributed by atoms with Crippen molar-refractivity contribution in [2.75, 3.05) is 26.3 Å². The highest BCUT2D eigenvalue weighted by Gasteiger charge is 2.39. The van der Waals surface area contributed by atoms with Gasteiger partial charge in [0.25, 0.3) is 11.5 Å². The van der Waals surface area contributed by atoms with Crippen molar-refractivity contribution in [3.63, 3.8) is 0 Å². The lowest BCUT2D eigenvalue weighted by molar-refractivity contribution is -0.131. The summed E-state index contributed by atoms with van der Waals surface area (Å²) >= 11 is -2.55. The fourth-order valence-corrected chi connectivity index (χ4v) is 4.52. The third-order valence-electron chi connectivity index (χ3n) is 6.42. The fraction of sp³-hybridized carbons (Fsp3) is 0.375. The van der Waals surface area contributed by atoms with E-state index in [-0.39, 0.29) is 18.5 Å². The van der Waals surface area contributed by atoms with Gasteiger partial charge in [-0.2, -0.15) is 0 Å². The minimum Gasteiger partial charge on any atom is -0.379 e. The number of morpholine rings is 1. The molecule has 3 aromatic rings. The number of carbonyl (C=O) groups excluding carboxylic acids is 1. The average Bonchev–Trinajstić information content (AvgIpc) is 2.88. The Hall–Kier alpha value is -2.96. The van der Waals surface area contributed by atoms with Crippen molar-refractivity contribution in [1.82, 2.24) is 19.9 Å². The van der Waals surface area contributed by atoms with E-state index in [1.807, 2.05) is 12.1 Å². The predicted molar refractivity (Wildman–Crippen MR) is 131 cm³/mol. The predicted octanol–water partition coefficient (Wildman–Crippen LogP) is 1.77. The number of amides is 1. The summed E-state index contributed by atoms with van der Waals surface area (Å²) < 4.78 is 26.1. The molecule has 2 atom stereocenters. The van der Waals surface area contributed by atoms with Gasteiger partial charge in [0.2, 0.25) is 0 Å².